The minimum absolute atomic E-state index is 0.625. The lowest BCUT2D eigenvalue weighted by molar-refractivity contribution is 0.565. The van der Waals surface area contributed by atoms with Crippen LogP contribution in [0.4, 0.5) is 5.69 Å². The maximum atomic E-state index is 10.0. The summed E-state index contributed by atoms with van der Waals surface area (Å²) < 4.78 is 0. The Labute approximate surface area is 71.3 Å². The lowest BCUT2D eigenvalue weighted by Gasteiger charge is -2.01. The second kappa shape index (κ2) is 3.65. The third-order valence-electron chi connectivity index (χ3n) is 1.53. The molecule has 0 saturated carbocycles. The standard InChI is InChI=1S/C10H9NO/c1-8(2)9-5-3-4-6-10(9)11-7-12/h3-6H,1H2,2H3. The molecular weight excluding hydrogens is 150 g/mol. The normalized spacial score (nSPS) is 8.75. The number of hydrogen-bond donors (Lipinski definition) is 0. The molecule has 12 heavy (non-hydrogen) atoms. The summed E-state index contributed by atoms with van der Waals surface area (Å²) in [5, 5.41) is 0. The molecule has 1 aromatic rings. The first-order valence-electron chi connectivity index (χ1n) is 3.58. The Morgan fingerprint density at radius 2 is 2.17 bits per heavy atom. The van der Waals surface area contributed by atoms with Gasteiger partial charge < -0.3 is 0 Å². The van der Waals surface area contributed by atoms with E-state index in [4.69, 9.17) is 0 Å². The molecule has 0 aromatic heterocycles. The van der Waals surface area contributed by atoms with Crippen LogP contribution in [0.2, 0.25) is 0 Å². The van der Waals surface area contributed by atoms with Crippen molar-refractivity contribution < 1.29 is 4.79 Å². The first-order chi connectivity index (χ1) is 5.75. The Morgan fingerprint density at radius 1 is 1.50 bits per heavy atom. The number of allylic oxidation sites excluding steroid dienone is 1. The summed E-state index contributed by atoms with van der Waals surface area (Å²) in [5.41, 5.74) is 2.41. The Bertz CT molecular complexity index is 328. The minimum atomic E-state index is 0.625. The fourth-order valence-corrected chi connectivity index (χ4v) is 0.981. The van der Waals surface area contributed by atoms with Crippen LogP contribution in [0.15, 0.2) is 35.8 Å². The van der Waals surface area contributed by atoms with Crippen molar-refractivity contribution in [2.75, 3.05) is 0 Å². The van der Waals surface area contributed by atoms with Crippen molar-refractivity contribution in [2.45, 2.75) is 6.92 Å². The Hall–Kier alpha value is -1.66. The summed E-state index contributed by atoms with van der Waals surface area (Å²) in [4.78, 5) is 13.6. The quantitative estimate of drug-likeness (QED) is 0.482. The van der Waals surface area contributed by atoms with Gasteiger partial charge in [-0.2, -0.15) is 4.99 Å². The zero-order valence-corrected chi connectivity index (χ0v) is 6.87. The lowest BCUT2D eigenvalue weighted by atomic mass is 10.1. The number of nitrogens with zero attached hydrogens (tertiary/aromatic N) is 1. The number of hydrogen-bond acceptors (Lipinski definition) is 2. The van der Waals surface area contributed by atoms with Gasteiger partial charge in [-0.25, -0.2) is 4.79 Å². The molecule has 2 heteroatoms. The predicted molar refractivity (Wildman–Crippen MR) is 48.9 cm³/mol. The summed E-state index contributed by atoms with van der Waals surface area (Å²) >= 11 is 0. The third-order valence-corrected chi connectivity index (χ3v) is 1.53. The largest absolute Gasteiger partial charge is 0.240 e. The van der Waals surface area contributed by atoms with E-state index in [2.05, 4.69) is 11.6 Å². The molecular formula is C10H9NO. The van der Waals surface area contributed by atoms with Crippen molar-refractivity contribution in [3.05, 3.63) is 36.4 Å². The maximum Gasteiger partial charge on any atom is 0.240 e. The smallest absolute Gasteiger partial charge is 0.211 e. The van der Waals surface area contributed by atoms with Gasteiger partial charge in [0.15, 0.2) is 0 Å². The first kappa shape index (κ1) is 8.44. The molecule has 1 aromatic carbocycles. The molecule has 0 fully saturated rings. The highest BCUT2D eigenvalue weighted by Gasteiger charge is 1.98. The van der Waals surface area contributed by atoms with Crippen LogP contribution >= 0.6 is 0 Å². The van der Waals surface area contributed by atoms with Gasteiger partial charge >= 0.3 is 0 Å². The van der Waals surface area contributed by atoms with Gasteiger partial charge in [0.1, 0.15) is 0 Å². The van der Waals surface area contributed by atoms with E-state index < -0.39 is 0 Å². The molecule has 0 heterocycles. The highest BCUT2D eigenvalue weighted by Crippen LogP contribution is 2.23. The van der Waals surface area contributed by atoms with Crippen molar-refractivity contribution in [3.63, 3.8) is 0 Å². The van der Waals surface area contributed by atoms with Gasteiger partial charge in [0, 0.05) is 5.56 Å². The van der Waals surface area contributed by atoms with Crippen molar-refractivity contribution in [1.29, 1.82) is 0 Å². The molecule has 0 radical (unpaired) electrons. The van der Waals surface area contributed by atoms with Gasteiger partial charge in [0.05, 0.1) is 5.69 Å². The van der Waals surface area contributed by atoms with Crippen molar-refractivity contribution in [1.82, 2.24) is 0 Å². The summed E-state index contributed by atoms with van der Waals surface area (Å²) in [7, 11) is 0. The molecule has 0 aliphatic rings. The van der Waals surface area contributed by atoms with Crippen molar-refractivity contribution in [3.8, 4) is 0 Å². The van der Waals surface area contributed by atoms with E-state index in [1.165, 1.54) is 6.08 Å². The summed E-state index contributed by atoms with van der Waals surface area (Å²) in [6.07, 6.45) is 1.51. The average molecular weight is 159 g/mol. The van der Waals surface area contributed by atoms with E-state index in [0.717, 1.165) is 11.1 Å². The minimum Gasteiger partial charge on any atom is -0.211 e. The molecule has 0 amide bonds. The summed E-state index contributed by atoms with van der Waals surface area (Å²) in [6.45, 7) is 5.65. The van der Waals surface area contributed by atoms with Crippen molar-refractivity contribution in [2.24, 2.45) is 4.99 Å². The van der Waals surface area contributed by atoms with Crippen molar-refractivity contribution >= 4 is 17.3 Å². The predicted octanol–water partition coefficient (Wildman–Crippen LogP) is 2.69. The monoisotopic (exact) mass is 159 g/mol. The van der Waals surface area contributed by atoms with Gasteiger partial charge in [0.25, 0.3) is 0 Å². The van der Waals surface area contributed by atoms with Gasteiger partial charge in [-0.05, 0) is 18.6 Å². The van der Waals surface area contributed by atoms with Crippen LogP contribution in [0.1, 0.15) is 12.5 Å². The van der Waals surface area contributed by atoms with Crippen LogP contribution in [0.3, 0.4) is 0 Å². The molecule has 0 aliphatic heterocycles. The van der Waals surface area contributed by atoms with E-state index in [0.29, 0.717) is 5.69 Å². The molecule has 0 N–H and O–H groups in total. The molecule has 2 nitrogen and oxygen atoms in total. The Kier molecular flexibility index (Phi) is 2.57. The maximum absolute atomic E-state index is 10.0. The fraction of sp³-hybridized carbons (Fsp3) is 0.100. The highest BCUT2D eigenvalue weighted by atomic mass is 16.1. The topological polar surface area (TPSA) is 29.4 Å². The second-order valence-electron chi connectivity index (χ2n) is 2.50. The molecule has 60 valence electrons. The number of benzene rings is 1. The number of carbonyl (C=O) groups excluding carboxylic acids is 1. The molecule has 0 atom stereocenters. The van der Waals surface area contributed by atoms with Gasteiger partial charge in [-0.15, -0.1) is 0 Å². The van der Waals surface area contributed by atoms with Gasteiger partial charge in [0.2, 0.25) is 6.08 Å². The van der Waals surface area contributed by atoms with Crippen LogP contribution in [-0.4, -0.2) is 6.08 Å². The SMILES string of the molecule is C=C(C)c1ccccc1N=C=O. The van der Waals surface area contributed by atoms with E-state index in [9.17, 15) is 4.79 Å². The first-order valence-corrected chi connectivity index (χ1v) is 3.58. The molecule has 1 rings (SSSR count). The zero-order valence-electron chi connectivity index (χ0n) is 6.87. The molecule has 0 unspecified atom stereocenters. The average Bonchev–Trinajstić information content (AvgIpc) is 2.05. The number of para-hydroxylation sites is 1. The van der Waals surface area contributed by atoms with E-state index in [-0.39, 0.29) is 0 Å². The van der Waals surface area contributed by atoms with E-state index >= 15 is 0 Å². The van der Waals surface area contributed by atoms with Gasteiger partial charge in [-0.1, -0.05) is 24.8 Å². The molecule has 0 bridgehead atoms. The lowest BCUT2D eigenvalue weighted by Crippen LogP contribution is -1.77. The molecule has 0 spiro atoms. The fourth-order valence-electron chi connectivity index (χ4n) is 0.981. The van der Waals surface area contributed by atoms with E-state index in [1.54, 1.807) is 6.07 Å². The number of rotatable bonds is 2. The third kappa shape index (κ3) is 1.68. The molecule has 0 aliphatic carbocycles. The number of aliphatic imine (C=N–C) groups is 1. The van der Waals surface area contributed by atoms with E-state index in [1.807, 2.05) is 25.1 Å². The Morgan fingerprint density at radius 3 is 2.75 bits per heavy atom. The van der Waals surface area contributed by atoms with Crippen LogP contribution in [0, 0.1) is 0 Å². The van der Waals surface area contributed by atoms with Crippen LogP contribution < -0.4 is 0 Å². The molecule has 0 saturated heterocycles. The highest BCUT2D eigenvalue weighted by molar-refractivity contribution is 5.73. The van der Waals surface area contributed by atoms with Crippen LogP contribution in [0.25, 0.3) is 5.57 Å². The van der Waals surface area contributed by atoms with Crippen LogP contribution in [-0.2, 0) is 4.79 Å². The number of isocyanates is 1. The second-order valence-corrected chi connectivity index (χ2v) is 2.50. The zero-order chi connectivity index (χ0) is 8.97. The Balaban J connectivity index is 3.26. The summed E-state index contributed by atoms with van der Waals surface area (Å²) in [5.74, 6) is 0. The van der Waals surface area contributed by atoms with Crippen LogP contribution in [0.5, 0.6) is 0 Å². The summed E-state index contributed by atoms with van der Waals surface area (Å²) in [6, 6.07) is 7.34. The van der Waals surface area contributed by atoms with Gasteiger partial charge in [-0.3, -0.25) is 0 Å².